The number of thiophene rings is 1. The van der Waals surface area contributed by atoms with Crippen molar-refractivity contribution in [1.82, 2.24) is 19.5 Å². The number of para-hydroxylation sites is 1. The maximum atomic E-state index is 13.4. The third-order valence-electron chi connectivity index (χ3n) is 6.38. The fourth-order valence-electron chi connectivity index (χ4n) is 4.74. The maximum Gasteiger partial charge on any atom is 0.262 e. The lowest BCUT2D eigenvalue weighted by Gasteiger charge is -2.18. The van der Waals surface area contributed by atoms with Gasteiger partial charge in [-0.2, -0.15) is 0 Å². The van der Waals surface area contributed by atoms with Crippen LogP contribution < -0.4 is 11.1 Å². The van der Waals surface area contributed by atoms with Crippen LogP contribution in [0, 0.1) is 0 Å². The predicted molar refractivity (Wildman–Crippen MR) is 139 cm³/mol. The number of nitrogens with zero attached hydrogens (tertiary/aromatic N) is 3. The quantitative estimate of drug-likeness (QED) is 0.252. The number of fused-ring (bicyclic) bond motifs is 2. The van der Waals surface area contributed by atoms with Gasteiger partial charge in [-0.25, -0.2) is 9.97 Å². The van der Waals surface area contributed by atoms with Crippen molar-refractivity contribution in [1.29, 1.82) is 0 Å². The van der Waals surface area contributed by atoms with Crippen LogP contribution in [-0.2, 0) is 5.75 Å². The van der Waals surface area contributed by atoms with Crippen LogP contribution in [0.1, 0.15) is 37.5 Å². The largest absolute Gasteiger partial charge is 0.309 e. The van der Waals surface area contributed by atoms with Crippen LogP contribution in [0.15, 0.2) is 74.7 Å². The Morgan fingerprint density at radius 2 is 1.76 bits per heavy atom. The summed E-state index contributed by atoms with van der Waals surface area (Å²) in [6.07, 6.45) is 4.24. The highest BCUT2D eigenvalue weighted by Gasteiger charge is 2.23. The number of hydrogen-bond donors (Lipinski definition) is 1. The molecule has 0 aliphatic heterocycles. The van der Waals surface area contributed by atoms with Crippen molar-refractivity contribution >= 4 is 44.2 Å². The van der Waals surface area contributed by atoms with Crippen molar-refractivity contribution in [3.05, 3.63) is 86.5 Å². The van der Waals surface area contributed by atoms with Gasteiger partial charge in [0.25, 0.3) is 11.1 Å². The van der Waals surface area contributed by atoms with E-state index in [2.05, 4.69) is 4.98 Å². The standard InChI is InChI=1S/C26H22N4O2S2/c31-23-22-19(16-8-2-1-3-9-16)14-33-24(22)29-21(28-23)15-34-26-27-20-13-7-6-12-18(20)25(32)30(26)17-10-4-5-11-17/h1-3,6-9,12-14,17H,4-5,10-11,15H2,(H,28,29,31). The molecule has 1 N–H and O–H groups in total. The second kappa shape index (κ2) is 8.85. The van der Waals surface area contributed by atoms with Crippen molar-refractivity contribution in [2.24, 2.45) is 0 Å². The fraction of sp³-hybridized carbons (Fsp3) is 0.231. The third kappa shape index (κ3) is 3.76. The average Bonchev–Trinajstić information content (AvgIpc) is 3.54. The van der Waals surface area contributed by atoms with E-state index in [9.17, 15) is 9.59 Å². The highest BCUT2D eigenvalue weighted by Crippen LogP contribution is 2.34. The number of benzene rings is 2. The van der Waals surface area contributed by atoms with E-state index in [0.29, 0.717) is 33.0 Å². The lowest BCUT2D eigenvalue weighted by molar-refractivity contribution is 0.457. The highest BCUT2D eigenvalue weighted by molar-refractivity contribution is 7.98. The highest BCUT2D eigenvalue weighted by atomic mass is 32.2. The van der Waals surface area contributed by atoms with Crippen LogP contribution in [0.5, 0.6) is 0 Å². The summed E-state index contributed by atoms with van der Waals surface area (Å²) < 4.78 is 1.87. The first-order valence-corrected chi connectivity index (χ1v) is 13.3. The van der Waals surface area contributed by atoms with Gasteiger partial charge in [0.15, 0.2) is 5.16 Å². The molecule has 1 aliphatic rings. The summed E-state index contributed by atoms with van der Waals surface area (Å²) >= 11 is 2.94. The van der Waals surface area contributed by atoms with Crippen molar-refractivity contribution in [2.45, 2.75) is 42.6 Å². The van der Waals surface area contributed by atoms with Crippen LogP contribution in [0.25, 0.3) is 32.2 Å². The van der Waals surface area contributed by atoms with E-state index in [0.717, 1.165) is 41.6 Å². The van der Waals surface area contributed by atoms with Gasteiger partial charge in [-0.1, -0.05) is 67.1 Å². The minimum Gasteiger partial charge on any atom is -0.309 e. The number of thioether (sulfide) groups is 1. The molecular weight excluding hydrogens is 464 g/mol. The minimum atomic E-state index is -0.139. The van der Waals surface area contributed by atoms with Crippen molar-refractivity contribution in [2.75, 3.05) is 0 Å². The molecule has 170 valence electrons. The molecule has 6 nitrogen and oxygen atoms in total. The SMILES string of the molecule is O=c1[nH]c(CSc2nc3ccccc3c(=O)n2C2CCCC2)nc2scc(-c3ccccc3)c12. The average molecular weight is 487 g/mol. The third-order valence-corrected chi connectivity index (χ3v) is 8.22. The van der Waals surface area contributed by atoms with E-state index in [4.69, 9.17) is 9.97 Å². The molecule has 3 aromatic heterocycles. The topological polar surface area (TPSA) is 80.6 Å². The molecular formula is C26H22N4O2S2. The van der Waals surface area contributed by atoms with Gasteiger partial charge in [-0.15, -0.1) is 11.3 Å². The number of rotatable bonds is 5. The summed E-state index contributed by atoms with van der Waals surface area (Å²) in [7, 11) is 0. The van der Waals surface area contributed by atoms with Crippen molar-refractivity contribution in [3.8, 4) is 11.1 Å². The summed E-state index contributed by atoms with van der Waals surface area (Å²) in [6.45, 7) is 0. The zero-order chi connectivity index (χ0) is 23.1. The van der Waals surface area contributed by atoms with E-state index in [1.807, 2.05) is 64.5 Å². The lowest BCUT2D eigenvalue weighted by atomic mass is 10.1. The molecule has 3 heterocycles. The summed E-state index contributed by atoms with van der Waals surface area (Å²) in [6, 6.07) is 17.6. The Hall–Kier alpha value is -3.23. The number of aromatic nitrogens is 4. The smallest absolute Gasteiger partial charge is 0.262 e. The van der Waals surface area contributed by atoms with E-state index >= 15 is 0 Å². The Kier molecular flexibility index (Phi) is 5.55. The Morgan fingerprint density at radius 3 is 2.59 bits per heavy atom. The zero-order valence-electron chi connectivity index (χ0n) is 18.4. The Balaban J connectivity index is 1.37. The normalized spacial score (nSPS) is 14.4. The second-order valence-electron chi connectivity index (χ2n) is 8.52. The molecule has 6 rings (SSSR count). The minimum absolute atomic E-state index is 0.0164. The van der Waals surface area contributed by atoms with Crippen LogP contribution in [-0.4, -0.2) is 19.5 Å². The molecule has 5 aromatic rings. The van der Waals surface area contributed by atoms with Gasteiger partial charge in [0.1, 0.15) is 10.7 Å². The summed E-state index contributed by atoms with van der Waals surface area (Å²) in [5.41, 5.74) is 2.49. The summed E-state index contributed by atoms with van der Waals surface area (Å²) in [5, 5.41) is 3.95. The lowest BCUT2D eigenvalue weighted by Crippen LogP contribution is -2.26. The molecule has 0 amide bonds. The molecule has 2 aromatic carbocycles. The molecule has 0 saturated heterocycles. The molecule has 1 fully saturated rings. The van der Waals surface area contributed by atoms with E-state index in [1.54, 1.807) is 0 Å². The number of nitrogens with one attached hydrogen (secondary N) is 1. The van der Waals surface area contributed by atoms with Crippen LogP contribution in [0.3, 0.4) is 0 Å². The first kappa shape index (κ1) is 21.3. The van der Waals surface area contributed by atoms with Crippen LogP contribution in [0.2, 0.25) is 0 Å². The molecule has 34 heavy (non-hydrogen) atoms. The Labute approximate surface area is 203 Å². The second-order valence-corrected chi connectivity index (χ2v) is 10.3. The van der Waals surface area contributed by atoms with E-state index in [1.165, 1.54) is 23.1 Å². The van der Waals surface area contributed by atoms with Gasteiger partial charge in [0.2, 0.25) is 0 Å². The number of H-pyrrole nitrogens is 1. The van der Waals surface area contributed by atoms with E-state index < -0.39 is 0 Å². The number of hydrogen-bond acceptors (Lipinski definition) is 6. The van der Waals surface area contributed by atoms with Crippen LogP contribution in [0.4, 0.5) is 0 Å². The van der Waals surface area contributed by atoms with Gasteiger partial charge < -0.3 is 4.98 Å². The van der Waals surface area contributed by atoms with Gasteiger partial charge in [0.05, 0.1) is 22.0 Å². The van der Waals surface area contributed by atoms with Gasteiger partial charge in [0, 0.05) is 17.0 Å². The first-order chi connectivity index (χ1) is 16.7. The molecule has 0 bridgehead atoms. The summed E-state index contributed by atoms with van der Waals surface area (Å²) in [5.74, 6) is 1.02. The Morgan fingerprint density at radius 1 is 1.00 bits per heavy atom. The molecule has 1 saturated carbocycles. The van der Waals surface area contributed by atoms with Gasteiger partial charge in [-0.3, -0.25) is 14.2 Å². The van der Waals surface area contributed by atoms with Gasteiger partial charge >= 0.3 is 0 Å². The first-order valence-electron chi connectivity index (χ1n) is 11.4. The molecule has 1 aliphatic carbocycles. The molecule has 0 unspecified atom stereocenters. The van der Waals surface area contributed by atoms with Gasteiger partial charge in [-0.05, 0) is 30.5 Å². The predicted octanol–water partition coefficient (Wildman–Crippen LogP) is 5.77. The Bertz CT molecular complexity index is 1620. The molecule has 0 radical (unpaired) electrons. The van der Waals surface area contributed by atoms with Crippen LogP contribution >= 0.6 is 23.1 Å². The maximum absolute atomic E-state index is 13.4. The van der Waals surface area contributed by atoms with Crippen molar-refractivity contribution in [3.63, 3.8) is 0 Å². The van der Waals surface area contributed by atoms with E-state index in [-0.39, 0.29) is 17.2 Å². The number of aromatic amines is 1. The molecule has 8 heteroatoms. The fourth-order valence-corrected chi connectivity index (χ4v) is 6.64. The van der Waals surface area contributed by atoms with Crippen molar-refractivity contribution < 1.29 is 0 Å². The zero-order valence-corrected chi connectivity index (χ0v) is 20.0. The molecule has 0 spiro atoms. The molecule has 0 atom stereocenters. The monoisotopic (exact) mass is 486 g/mol. The summed E-state index contributed by atoms with van der Waals surface area (Å²) in [4.78, 5) is 39.6.